The smallest absolute Gasteiger partial charge is 0.434 e. The Kier molecular flexibility index (Phi) is 8.96. The first kappa shape index (κ1) is 27.8. The molecule has 0 unspecified atom stereocenters. The van der Waals surface area contributed by atoms with E-state index in [0.717, 1.165) is 31.2 Å². The van der Waals surface area contributed by atoms with E-state index in [2.05, 4.69) is 0 Å². The molecule has 0 saturated carbocycles. The van der Waals surface area contributed by atoms with E-state index in [4.69, 9.17) is 18.9 Å². The van der Waals surface area contributed by atoms with E-state index in [1.165, 1.54) is 0 Å². The van der Waals surface area contributed by atoms with E-state index in [1.54, 1.807) is 42.5 Å². The zero-order chi connectivity index (χ0) is 27.9. The van der Waals surface area contributed by atoms with Gasteiger partial charge < -0.3 is 18.9 Å². The average Bonchev–Trinajstić information content (AvgIpc) is 2.93. The van der Waals surface area contributed by atoms with Gasteiger partial charge in [0.25, 0.3) is 0 Å². The molecule has 204 valence electrons. The molecule has 0 heterocycles. The van der Waals surface area contributed by atoms with Crippen molar-refractivity contribution in [1.82, 2.24) is 0 Å². The van der Waals surface area contributed by atoms with Gasteiger partial charge in [-0.15, -0.1) is 0 Å². The Morgan fingerprint density at radius 1 is 0.641 bits per heavy atom. The fourth-order valence-electron chi connectivity index (χ4n) is 4.62. The van der Waals surface area contributed by atoms with E-state index in [0.29, 0.717) is 28.5 Å². The van der Waals surface area contributed by atoms with Crippen LogP contribution in [0.25, 0.3) is 22.7 Å². The Morgan fingerprint density at radius 3 is 1.67 bits per heavy atom. The van der Waals surface area contributed by atoms with Crippen molar-refractivity contribution in [2.45, 2.75) is 59.3 Å². The maximum Gasteiger partial charge on any atom is 0.513 e. The van der Waals surface area contributed by atoms with E-state index >= 15 is 0 Å². The molecule has 0 aliphatic heterocycles. The highest BCUT2D eigenvalue weighted by Crippen LogP contribution is 2.26. The molecule has 0 aromatic heterocycles. The number of hydrogen-bond acceptors (Lipinski definition) is 8. The highest BCUT2D eigenvalue weighted by atomic mass is 16.7. The summed E-state index contributed by atoms with van der Waals surface area (Å²) in [7, 11) is 0. The molecule has 8 heteroatoms. The topological polar surface area (TPSA) is 105 Å². The van der Waals surface area contributed by atoms with Crippen molar-refractivity contribution in [3.05, 3.63) is 68.9 Å². The summed E-state index contributed by atoms with van der Waals surface area (Å²) in [6, 6.07) is 11.8. The fourth-order valence-corrected chi connectivity index (χ4v) is 4.62. The quantitative estimate of drug-likeness (QED) is 0.340. The van der Waals surface area contributed by atoms with Crippen LogP contribution in [0.1, 0.15) is 57.9 Å². The number of benzene rings is 2. The number of ketones is 2. The van der Waals surface area contributed by atoms with E-state index < -0.39 is 23.9 Å². The van der Waals surface area contributed by atoms with Gasteiger partial charge in [0.05, 0.1) is 13.2 Å². The highest BCUT2D eigenvalue weighted by molar-refractivity contribution is 6.58. The highest BCUT2D eigenvalue weighted by Gasteiger charge is 2.37. The third kappa shape index (κ3) is 5.95. The number of unbranched alkanes of at least 4 members (excludes halogenated alkanes) is 4. The normalized spacial score (nSPS) is 13.9. The lowest BCUT2D eigenvalue weighted by Gasteiger charge is -2.22. The maximum atomic E-state index is 13.9. The Bertz CT molecular complexity index is 1560. The molecule has 0 spiro atoms. The molecule has 4 rings (SSSR count). The van der Waals surface area contributed by atoms with E-state index in [9.17, 15) is 19.2 Å². The number of fused-ring (bicyclic) bond motifs is 3. The molecule has 2 aromatic rings. The predicted octanol–water partition coefficient (Wildman–Crippen LogP) is 3.07. The van der Waals surface area contributed by atoms with E-state index in [-0.39, 0.29) is 41.1 Å². The molecule has 0 bridgehead atoms. The van der Waals surface area contributed by atoms with Crippen LogP contribution in [0.15, 0.2) is 42.5 Å². The maximum absolute atomic E-state index is 13.9. The summed E-state index contributed by atoms with van der Waals surface area (Å²) in [6.45, 7) is 6.24. The van der Waals surface area contributed by atoms with Gasteiger partial charge in [-0.05, 0) is 36.3 Å². The van der Waals surface area contributed by atoms with Crippen LogP contribution in [-0.4, -0.2) is 37.1 Å². The molecule has 0 amide bonds. The molecule has 0 saturated heterocycles. The molecule has 0 N–H and O–H groups in total. The van der Waals surface area contributed by atoms with Crippen LogP contribution in [0.2, 0.25) is 0 Å². The van der Waals surface area contributed by atoms with Gasteiger partial charge >= 0.3 is 12.3 Å². The number of aryl methyl sites for hydroxylation is 1. The number of rotatable bonds is 10. The van der Waals surface area contributed by atoms with Gasteiger partial charge in [-0.25, -0.2) is 9.59 Å². The van der Waals surface area contributed by atoms with Crippen LogP contribution in [0.5, 0.6) is 0 Å². The van der Waals surface area contributed by atoms with Crippen molar-refractivity contribution in [2.24, 2.45) is 0 Å². The van der Waals surface area contributed by atoms with Gasteiger partial charge in [0.2, 0.25) is 11.6 Å². The predicted molar refractivity (Wildman–Crippen MR) is 144 cm³/mol. The van der Waals surface area contributed by atoms with Crippen LogP contribution >= 0.6 is 0 Å². The third-order valence-corrected chi connectivity index (χ3v) is 6.55. The minimum atomic E-state index is -0.985. The number of Topliss-reactive ketones (excluding diaryl/α,β-unsaturated/α-hetero) is 2. The molecule has 2 aliphatic rings. The largest absolute Gasteiger partial charge is 0.513 e. The summed E-state index contributed by atoms with van der Waals surface area (Å²) in [5, 5.41) is 1.34. The summed E-state index contributed by atoms with van der Waals surface area (Å²) >= 11 is 0. The molecule has 0 fully saturated rings. The van der Waals surface area contributed by atoms with Crippen LogP contribution in [0, 0.1) is 6.92 Å². The van der Waals surface area contributed by atoms with Gasteiger partial charge in [-0.2, -0.15) is 0 Å². The van der Waals surface area contributed by atoms with Crippen molar-refractivity contribution < 1.29 is 38.1 Å². The average molecular weight is 533 g/mol. The first-order valence-electron chi connectivity index (χ1n) is 13.3. The summed E-state index contributed by atoms with van der Waals surface area (Å²) in [5.41, 5.74) is 0.943. The summed E-state index contributed by atoms with van der Waals surface area (Å²) in [4.78, 5) is 52.7. The van der Waals surface area contributed by atoms with Gasteiger partial charge in [-0.1, -0.05) is 81.5 Å². The number of ether oxygens (including phenoxy) is 4. The lowest BCUT2D eigenvalue weighted by atomic mass is 9.83. The summed E-state index contributed by atoms with van der Waals surface area (Å²) in [5.74, 6) is -1.69. The third-order valence-electron chi connectivity index (χ3n) is 6.55. The summed E-state index contributed by atoms with van der Waals surface area (Å²) < 4.78 is 21.3. The second kappa shape index (κ2) is 12.6. The van der Waals surface area contributed by atoms with E-state index in [1.807, 2.05) is 20.8 Å². The van der Waals surface area contributed by atoms with Crippen LogP contribution in [0.3, 0.4) is 0 Å². The lowest BCUT2D eigenvalue weighted by molar-refractivity contribution is -0.112. The molecule has 2 aromatic carbocycles. The molecule has 39 heavy (non-hydrogen) atoms. The van der Waals surface area contributed by atoms with Gasteiger partial charge in [0.15, 0.2) is 11.5 Å². The zero-order valence-electron chi connectivity index (χ0n) is 22.5. The van der Waals surface area contributed by atoms with Crippen molar-refractivity contribution in [3.8, 4) is 0 Å². The molecular formula is C31H32O8. The Balaban J connectivity index is 1.83. The molecule has 2 aliphatic carbocycles. The minimum absolute atomic E-state index is 0.0735. The van der Waals surface area contributed by atoms with Gasteiger partial charge in [0, 0.05) is 21.6 Å². The summed E-state index contributed by atoms with van der Waals surface area (Å²) in [6.07, 6.45) is 3.11. The number of hydrogen-bond donors (Lipinski definition) is 0. The van der Waals surface area contributed by atoms with Crippen LogP contribution < -0.4 is 20.9 Å². The molecule has 0 atom stereocenters. The molecule has 0 radical (unpaired) electrons. The molecule has 8 nitrogen and oxygen atoms in total. The fraction of sp³-hybridized carbons (Fsp3) is 0.355. The Morgan fingerprint density at radius 2 is 1.13 bits per heavy atom. The first-order valence-corrected chi connectivity index (χ1v) is 13.3. The standard InChI is InChI=1S/C31H32O8/c1-4-6-10-16-36-30(34)38-28-22-13-9-8-12-20(22)24-25(26(28)32)21-15-14-19(3)18-23(21)29(27(24)33)39-31(35)37-17-11-7-5-2/h8-9,12-15,18H,4-7,10-11,16-17H2,1-3H3. The van der Waals surface area contributed by atoms with Crippen molar-refractivity contribution >= 4 is 46.5 Å². The second-order valence-electron chi connectivity index (χ2n) is 9.48. The Hall–Kier alpha value is -4.20. The SMILES string of the molecule is CCCCCOC(=O)OC1=c2ccccc2=C2C(=O)C(OC(=O)OCCCCC)=c3cc(C)ccc3=C2C1=O. The van der Waals surface area contributed by atoms with Crippen molar-refractivity contribution in [3.63, 3.8) is 0 Å². The second-order valence-corrected chi connectivity index (χ2v) is 9.48. The number of carbonyl (C=O) groups excluding carboxylic acids is 4. The van der Waals surface area contributed by atoms with Crippen LogP contribution in [0.4, 0.5) is 9.59 Å². The van der Waals surface area contributed by atoms with Gasteiger partial charge in [0.1, 0.15) is 0 Å². The zero-order valence-corrected chi connectivity index (χ0v) is 22.5. The Labute approximate surface area is 226 Å². The molecular weight excluding hydrogens is 500 g/mol. The lowest BCUT2D eigenvalue weighted by Crippen LogP contribution is -2.48. The van der Waals surface area contributed by atoms with Crippen molar-refractivity contribution in [2.75, 3.05) is 13.2 Å². The van der Waals surface area contributed by atoms with Gasteiger partial charge in [-0.3, -0.25) is 9.59 Å². The van der Waals surface area contributed by atoms with Crippen LogP contribution in [-0.2, 0) is 28.5 Å². The number of carbonyl (C=O) groups is 4. The van der Waals surface area contributed by atoms with Crippen molar-refractivity contribution in [1.29, 1.82) is 0 Å². The monoisotopic (exact) mass is 532 g/mol. The minimum Gasteiger partial charge on any atom is -0.434 e. The first-order chi connectivity index (χ1) is 18.9.